The number of para-hydroxylation sites is 1. The lowest BCUT2D eigenvalue weighted by molar-refractivity contribution is -0.383. The summed E-state index contributed by atoms with van der Waals surface area (Å²) in [5.74, 6) is 0.236. The van der Waals surface area contributed by atoms with Gasteiger partial charge in [0.1, 0.15) is 6.33 Å². The number of halogens is 1. The van der Waals surface area contributed by atoms with E-state index in [9.17, 15) is 10.1 Å². The fraction of sp³-hybridized carbons (Fsp3) is 0.188. The highest BCUT2D eigenvalue weighted by Gasteiger charge is 2.23. The Bertz CT molecular complexity index is 886. The highest BCUT2D eigenvalue weighted by molar-refractivity contribution is 6.33. The number of hydrogen-bond donors (Lipinski definition) is 2. The predicted octanol–water partition coefficient (Wildman–Crippen LogP) is 3.48. The minimum absolute atomic E-state index is 0.0789. The van der Waals surface area contributed by atoms with Gasteiger partial charge in [0.15, 0.2) is 0 Å². The molecule has 134 valence electrons. The van der Waals surface area contributed by atoms with Crippen LogP contribution in [0.25, 0.3) is 0 Å². The van der Waals surface area contributed by atoms with E-state index in [4.69, 9.17) is 11.6 Å². The minimum Gasteiger partial charge on any atom is -0.364 e. The fourth-order valence-corrected chi connectivity index (χ4v) is 2.53. The van der Waals surface area contributed by atoms with Crippen LogP contribution in [0.3, 0.4) is 0 Å². The number of nitro groups is 1. The van der Waals surface area contributed by atoms with Gasteiger partial charge < -0.3 is 15.2 Å². The molecule has 26 heavy (non-hydrogen) atoms. The second-order valence-corrected chi connectivity index (χ2v) is 5.77. The van der Waals surface area contributed by atoms with Crippen LogP contribution < -0.4 is 10.6 Å². The number of imidazole rings is 1. The summed E-state index contributed by atoms with van der Waals surface area (Å²) in [6.07, 6.45) is 7.31. The van der Waals surface area contributed by atoms with E-state index in [1.807, 2.05) is 10.8 Å². The summed E-state index contributed by atoms with van der Waals surface area (Å²) in [7, 11) is 0. The van der Waals surface area contributed by atoms with E-state index in [-0.39, 0.29) is 17.3 Å². The second kappa shape index (κ2) is 8.26. The molecule has 2 N–H and O–H groups in total. The van der Waals surface area contributed by atoms with E-state index in [0.717, 1.165) is 13.0 Å². The van der Waals surface area contributed by atoms with E-state index in [1.165, 1.54) is 6.33 Å². The van der Waals surface area contributed by atoms with Crippen LogP contribution in [-0.2, 0) is 6.54 Å². The van der Waals surface area contributed by atoms with Gasteiger partial charge in [0.25, 0.3) is 0 Å². The van der Waals surface area contributed by atoms with Crippen molar-refractivity contribution in [3.63, 3.8) is 0 Å². The van der Waals surface area contributed by atoms with E-state index < -0.39 is 4.92 Å². The van der Waals surface area contributed by atoms with Gasteiger partial charge in [-0.15, -0.1) is 0 Å². The maximum Gasteiger partial charge on any atom is 0.353 e. The molecule has 0 fully saturated rings. The first-order valence-electron chi connectivity index (χ1n) is 7.85. The zero-order valence-electron chi connectivity index (χ0n) is 13.7. The molecule has 0 atom stereocenters. The largest absolute Gasteiger partial charge is 0.364 e. The number of anilines is 3. The van der Waals surface area contributed by atoms with Crippen LogP contribution in [-0.4, -0.2) is 31.0 Å². The summed E-state index contributed by atoms with van der Waals surface area (Å²) in [6.45, 7) is 1.26. The van der Waals surface area contributed by atoms with Crippen molar-refractivity contribution in [2.24, 2.45) is 0 Å². The monoisotopic (exact) mass is 373 g/mol. The third-order valence-corrected chi connectivity index (χ3v) is 3.91. The maximum absolute atomic E-state index is 11.5. The summed E-state index contributed by atoms with van der Waals surface area (Å²) < 4.78 is 1.93. The Morgan fingerprint density at radius 2 is 2.04 bits per heavy atom. The molecule has 0 aliphatic carbocycles. The summed E-state index contributed by atoms with van der Waals surface area (Å²) in [4.78, 5) is 23.0. The lowest BCUT2D eigenvalue weighted by Gasteiger charge is -2.11. The molecule has 0 saturated heterocycles. The van der Waals surface area contributed by atoms with Crippen LogP contribution in [0.2, 0.25) is 5.02 Å². The van der Waals surface area contributed by atoms with Crippen LogP contribution >= 0.6 is 11.6 Å². The number of hydrogen-bond acceptors (Lipinski definition) is 7. The smallest absolute Gasteiger partial charge is 0.353 e. The molecular formula is C16H16ClN7O2. The molecule has 3 aromatic rings. The highest BCUT2D eigenvalue weighted by Crippen LogP contribution is 2.33. The van der Waals surface area contributed by atoms with Gasteiger partial charge >= 0.3 is 5.69 Å². The molecule has 3 rings (SSSR count). The van der Waals surface area contributed by atoms with Crippen LogP contribution in [0.5, 0.6) is 0 Å². The summed E-state index contributed by atoms with van der Waals surface area (Å²) >= 11 is 6.10. The molecule has 0 amide bonds. The van der Waals surface area contributed by atoms with Gasteiger partial charge in [0.05, 0.1) is 22.0 Å². The Labute approximate surface area is 154 Å². The molecule has 0 saturated carbocycles. The molecule has 2 aromatic heterocycles. The SMILES string of the molecule is O=[N+]([O-])c1c(NCCCn2ccnc2)ncnc1Nc1ccccc1Cl. The van der Waals surface area contributed by atoms with Crippen LogP contribution in [0.4, 0.5) is 23.0 Å². The average molecular weight is 374 g/mol. The number of nitrogens with one attached hydrogen (secondary N) is 2. The van der Waals surface area contributed by atoms with Crippen molar-refractivity contribution in [2.75, 3.05) is 17.2 Å². The number of nitrogens with zero attached hydrogens (tertiary/aromatic N) is 5. The molecule has 0 unspecified atom stereocenters. The molecule has 1 aromatic carbocycles. The van der Waals surface area contributed by atoms with E-state index in [0.29, 0.717) is 17.3 Å². The Morgan fingerprint density at radius 1 is 1.23 bits per heavy atom. The molecule has 9 nitrogen and oxygen atoms in total. The van der Waals surface area contributed by atoms with Gasteiger partial charge in [-0.2, -0.15) is 0 Å². The quantitative estimate of drug-likeness (QED) is 0.353. The van der Waals surface area contributed by atoms with Crippen molar-refractivity contribution >= 4 is 34.6 Å². The van der Waals surface area contributed by atoms with Crippen molar-refractivity contribution in [1.82, 2.24) is 19.5 Å². The van der Waals surface area contributed by atoms with Gasteiger partial charge in [0.2, 0.25) is 11.6 Å². The third kappa shape index (κ3) is 4.25. The minimum atomic E-state index is -0.516. The number of rotatable bonds is 8. The van der Waals surface area contributed by atoms with Crippen LogP contribution in [0, 0.1) is 10.1 Å². The zero-order chi connectivity index (χ0) is 18.4. The Hall–Kier alpha value is -3.20. The van der Waals surface area contributed by atoms with E-state index in [2.05, 4.69) is 25.6 Å². The van der Waals surface area contributed by atoms with Crippen molar-refractivity contribution in [3.05, 3.63) is 64.5 Å². The van der Waals surface area contributed by atoms with E-state index >= 15 is 0 Å². The molecule has 0 radical (unpaired) electrons. The molecule has 0 bridgehead atoms. The van der Waals surface area contributed by atoms with Gasteiger partial charge in [-0.3, -0.25) is 10.1 Å². The Kier molecular flexibility index (Phi) is 5.59. The third-order valence-electron chi connectivity index (χ3n) is 3.58. The van der Waals surface area contributed by atoms with Gasteiger partial charge in [-0.1, -0.05) is 23.7 Å². The first-order chi connectivity index (χ1) is 12.6. The lowest BCUT2D eigenvalue weighted by atomic mass is 10.3. The molecule has 10 heteroatoms. The second-order valence-electron chi connectivity index (χ2n) is 5.36. The van der Waals surface area contributed by atoms with Crippen molar-refractivity contribution in [2.45, 2.75) is 13.0 Å². The summed E-state index contributed by atoms with van der Waals surface area (Å²) in [6, 6.07) is 6.95. The predicted molar refractivity (Wildman–Crippen MR) is 98.8 cm³/mol. The highest BCUT2D eigenvalue weighted by atomic mass is 35.5. The zero-order valence-corrected chi connectivity index (χ0v) is 14.4. The molecule has 0 aliphatic heterocycles. The van der Waals surface area contributed by atoms with E-state index in [1.54, 1.807) is 36.8 Å². The topological polar surface area (TPSA) is 111 Å². The summed E-state index contributed by atoms with van der Waals surface area (Å²) in [5.41, 5.74) is 0.303. The van der Waals surface area contributed by atoms with Crippen LogP contribution in [0.15, 0.2) is 49.3 Å². The van der Waals surface area contributed by atoms with Gasteiger partial charge in [-0.25, -0.2) is 15.0 Å². The van der Waals surface area contributed by atoms with Gasteiger partial charge in [-0.05, 0) is 18.6 Å². The van der Waals surface area contributed by atoms with Crippen LogP contribution in [0.1, 0.15) is 6.42 Å². The number of aromatic nitrogens is 4. The first-order valence-corrected chi connectivity index (χ1v) is 8.23. The normalized spacial score (nSPS) is 10.5. The standard InChI is InChI=1S/C16H16ClN7O2/c17-12-4-1-2-5-13(12)22-16-14(24(25)26)15(20-10-21-16)19-6-3-8-23-9-7-18-11-23/h1-2,4-5,7,9-11H,3,6,8H2,(H2,19,20,21,22). The van der Waals surface area contributed by atoms with Crippen molar-refractivity contribution in [1.29, 1.82) is 0 Å². The van der Waals surface area contributed by atoms with Crippen molar-refractivity contribution in [3.8, 4) is 0 Å². The lowest BCUT2D eigenvalue weighted by Crippen LogP contribution is -2.11. The first kappa shape index (κ1) is 17.6. The molecule has 0 aliphatic rings. The average Bonchev–Trinajstić information content (AvgIpc) is 3.14. The fourth-order valence-electron chi connectivity index (χ4n) is 2.35. The van der Waals surface area contributed by atoms with Gasteiger partial charge in [0, 0.05) is 25.5 Å². The number of benzene rings is 1. The molecular weight excluding hydrogens is 358 g/mol. The Morgan fingerprint density at radius 3 is 2.77 bits per heavy atom. The Balaban J connectivity index is 1.73. The number of aryl methyl sites for hydroxylation is 1. The summed E-state index contributed by atoms with van der Waals surface area (Å²) in [5, 5.41) is 17.9. The molecule has 0 spiro atoms. The van der Waals surface area contributed by atoms with Crippen molar-refractivity contribution < 1.29 is 4.92 Å². The maximum atomic E-state index is 11.5. The molecule has 2 heterocycles.